The molecule has 0 saturated heterocycles. The summed E-state index contributed by atoms with van der Waals surface area (Å²) in [7, 11) is 0. The summed E-state index contributed by atoms with van der Waals surface area (Å²) in [5.41, 5.74) is -0.384. The number of hydrogen-bond acceptors (Lipinski definition) is 3. The Bertz CT molecular complexity index is 304. The maximum atomic E-state index is 9.54. The van der Waals surface area contributed by atoms with E-state index in [0.717, 1.165) is 13.0 Å². The zero-order valence-corrected chi connectivity index (χ0v) is 12.3. The van der Waals surface area contributed by atoms with Gasteiger partial charge in [-0.05, 0) is 38.0 Å². The van der Waals surface area contributed by atoms with Crippen molar-refractivity contribution >= 4 is 0 Å². The van der Waals surface area contributed by atoms with Gasteiger partial charge in [0.15, 0.2) is 0 Å². The Morgan fingerprint density at radius 1 is 1.16 bits per heavy atom. The predicted molar refractivity (Wildman–Crippen MR) is 76.8 cm³/mol. The van der Waals surface area contributed by atoms with Crippen molar-refractivity contribution in [2.75, 3.05) is 13.2 Å². The summed E-state index contributed by atoms with van der Waals surface area (Å²) in [4.78, 5) is 0. The highest BCUT2D eigenvalue weighted by Crippen LogP contribution is 2.41. The van der Waals surface area contributed by atoms with E-state index < -0.39 is 0 Å². The zero-order valence-electron chi connectivity index (χ0n) is 12.3. The van der Waals surface area contributed by atoms with Crippen LogP contribution in [0.5, 0.6) is 0 Å². The van der Waals surface area contributed by atoms with Gasteiger partial charge in [0.05, 0.1) is 12.7 Å². The standard InChI is InChI=1S/C16H28N2O/c1-2-3-4-5-6-11-19-13-16(12-17,14-7-8-14)18-15-9-10-15/h14-15,18H,2-11,13H2,1H3. The normalized spacial score (nSPS) is 21.9. The number of unbranched alkanes of at least 4 members (excludes halogenated alkanes) is 4. The predicted octanol–water partition coefficient (Wildman–Crippen LogP) is 3.40. The zero-order chi connectivity index (χ0) is 13.6. The van der Waals surface area contributed by atoms with Crippen LogP contribution in [0.3, 0.4) is 0 Å². The van der Waals surface area contributed by atoms with Gasteiger partial charge in [-0.25, -0.2) is 0 Å². The maximum Gasteiger partial charge on any atom is 0.133 e. The summed E-state index contributed by atoms with van der Waals surface area (Å²) < 4.78 is 5.82. The molecule has 1 unspecified atom stereocenters. The summed E-state index contributed by atoms with van der Waals surface area (Å²) in [5.74, 6) is 0.526. The lowest BCUT2D eigenvalue weighted by Gasteiger charge is -2.28. The Kier molecular flexibility index (Phi) is 5.66. The lowest BCUT2D eigenvalue weighted by atomic mass is 9.96. The van der Waals surface area contributed by atoms with Crippen LogP contribution in [0.4, 0.5) is 0 Å². The van der Waals surface area contributed by atoms with Crippen molar-refractivity contribution in [2.24, 2.45) is 5.92 Å². The van der Waals surface area contributed by atoms with E-state index >= 15 is 0 Å². The third kappa shape index (κ3) is 4.78. The first kappa shape index (κ1) is 14.8. The topological polar surface area (TPSA) is 45.0 Å². The van der Waals surface area contributed by atoms with Crippen molar-refractivity contribution in [1.29, 1.82) is 5.26 Å². The van der Waals surface area contributed by atoms with E-state index in [2.05, 4.69) is 18.3 Å². The molecule has 0 radical (unpaired) electrons. The summed E-state index contributed by atoms with van der Waals surface area (Å²) in [6.45, 7) is 3.63. The van der Waals surface area contributed by atoms with Gasteiger partial charge in [-0.3, -0.25) is 5.32 Å². The van der Waals surface area contributed by atoms with Crippen LogP contribution in [-0.4, -0.2) is 24.8 Å². The Balaban J connectivity index is 1.64. The van der Waals surface area contributed by atoms with Crippen LogP contribution < -0.4 is 5.32 Å². The first-order chi connectivity index (χ1) is 9.30. The van der Waals surface area contributed by atoms with Crippen LogP contribution in [0.25, 0.3) is 0 Å². The van der Waals surface area contributed by atoms with E-state index in [4.69, 9.17) is 4.74 Å². The van der Waals surface area contributed by atoms with Crippen LogP contribution >= 0.6 is 0 Å². The molecular weight excluding hydrogens is 236 g/mol. The number of ether oxygens (including phenoxy) is 1. The van der Waals surface area contributed by atoms with E-state index in [1.165, 1.54) is 51.4 Å². The molecule has 108 valence electrons. The molecule has 3 nitrogen and oxygen atoms in total. The van der Waals surface area contributed by atoms with Gasteiger partial charge in [-0.2, -0.15) is 5.26 Å². The minimum atomic E-state index is -0.384. The Morgan fingerprint density at radius 2 is 1.89 bits per heavy atom. The Hall–Kier alpha value is -0.590. The second kappa shape index (κ2) is 7.26. The van der Waals surface area contributed by atoms with Crippen LogP contribution in [0.15, 0.2) is 0 Å². The van der Waals surface area contributed by atoms with Gasteiger partial charge in [-0.1, -0.05) is 32.6 Å². The number of nitrogens with zero attached hydrogens (tertiary/aromatic N) is 1. The van der Waals surface area contributed by atoms with Gasteiger partial charge >= 0.3 is 0 Å². The molecule has 19 heavy (non-hydrogen) atoms. The fourth-order valence-corrected chi connectivity index (χ4v) is 2.64. The van der Waals surface area contributed by atoms with Gasteiger partial charge < -0.3 is 4.74 Å². The molecule has 0 aliphatic heterocycles. The molecule has 1 atom stereocenters. The van der Waals surface area contributed by atoms with Crippen molar-refractivity contribution in [3.8, 4) is 6.07 Å². The van der Waals surface area contributed by atoms with Gasteiger partial charge in [0.2, 0.25) is 0 Å². The highest BCUT2D eigenvalue weighted by atomic mass is 16.5. The molecule has 2 saturated carbocycles. The quantitative estimate of drug-likeness (QED) is 0.582. The third-order valence-electron chi connectivity index (χ3n) is 4.23. The minimum absolute atomic E-state index is 0.384. The molecule has 0 aromatic rings. The molecular formula is C16H28N2O. The highest BCUT2D eigenvalue weighted by molar-refractivity contribution is 5.17. The van der Waals surface area contributed by atoms with Crippen LogP contribution in [-0.2, 0) is 4.74 Å². The second-order valence-electron chi connectivity index (χ2n) is 6.24. The Morgan fingerprint density at radius 3 is 2.47 bits per heavy atom. The maximum absolute atomic E-state index is 9.54. The van der Waals surface area contributed by atoms with Gasteiger partial charge in [0, 0.05) is 12.6 Å². The van der Waals surface area contributed by atoms with Crippen LogP contribution in [0.2, 0.25) is 0 Å². The number of rotatable bonds is 11. The highest BCUT2D eigenvalue weighted by Gasteiger charge is 2.48. The fourth-order valence-electron chi connectivity index (χ4n) is 2.64. The molecule has 2 fully saturated rings. The molecule has 0 amide bonds. The number of nitrogens with one attached hydrogen (secondary N) is 1. The largest absolute Gasteiger partial charge is 0.378 e. The van der Waals surface area contributed by atoms with Gasteiger partial charge in [-0.15, -0.1) is 0 Å². The molecule has 2 aliphatic carbocycles. The molecule has 2 aliphatic rings. The van der Waals surface area contributed by atoms with Crippen molar-refractivity contribution in [3.05, 3.63) is 0 Å². The van der Waals surface area contributed by atoms with Gasteiger partial charge in [0.25, 0.3) is 0 Å². The molecule has 1 N–H and O–H groups in total. The number of nitriles is 1. The van der Waals surface area contributed by atoms with E-state index in [1.807, 2.05) is 0 Å². The first-order valence-corrected chi connectivity index (χ1v) is 8.07. The Labute approximate surface area is 117 Å². The number of hydrogen-bond donors (Lipinski definition) is 1. The average molecular weight is 264 g/mol. The van der Waals surface area contributed by atoms with Crippen LogP contribution in [0.1, 0.15) is 64.7 Å². The smallest absolute Gasteiger partial charge is 0.133 e. The lowest BCUT2D eigenvalue weighted by Crippen LogP contribution is -2.51. The summed E-state index contributed by atoms with van der Waals surface area (Å²) in [5, 5.41) is 13.1. The molecule has 2 rings (SSSR count). The summed E-state index contributed by atoms with van der Waals surface area (Å²) >= 11 is 0. The van der Waals surface area contributed by atoms with Crippen molar-refractivity contribution in [2.45, 2.75) is 76.3 Å². The molecule has 0 aromatic carbocycles. The average Bonchev–Trinajstić information content (AvgIpc) is 3.28. The SMILES string of the molecule is CCCCCCCOCC(C#N)(NC1CC1)C1CC1. The fraction of sp³-hybridized carbons (Fsp3) is 0.938. The summed E-state index contributed by atoms with van der Waals surface area (Å²) in [6, 6.07) is 3.10. The van der Waals surface area contributed by atoms with Crippen molar-refractivity contribution in [1.82, 2.24) is 5.32 Å². The summed E-state index contributed by atoms with van der Waals surface area (Å²) in [6.07, 6.45) is 11.1. The third-order valence-corrected chi connectivity index (χ3v) is 4.23. The molecule has 0 spiro atoms. The molecule has 0 heterocycles. The van der Waals surface area contributed by atoms with E-state index in [-0.39, 0.29) is 5.54 Å². The van der Waals surface area contributed by atoms with E-state index in [1.54, 1.807) is 0 Å². The van der Waals surface area contributed by atoms with E-state index in [9.17, 15) is 5.26 Å². The lowest BCUT2D eigenvalue weighted by molar-refractivity contribution is 0.0771. The van der Waals surface area contributed by atoms with Crippen molar-refractivity contribution in [3.63, 3.8) is 0 Å². The first-order valence-electron chi connectivity index (χ1n) is 8.07. The minimum Gasteiger partial charge on any atom is -0.378 e. The van der Waals surface area contributed by atoms with Crippen molar-refractivity contribution < 1.29 is 4.74 Å². The van der Waals surface area contributed by atoms with Gasteiger partial charge in [0.1, 0.15) is 5.54 Å². The molecule has 3 heteroatoms. The second-order valence-corrected chi connectivity index (χ2v) is 6.24. The molecule has 0 aromatic heterocycles. The van der Waals surface area contributed by atoms with E-state index in [0.29, 0.717) is 18.6 Å². The van der Waals surface area contributed by atoms with Crippen LogP contribution in [0, 0.1) is 17.2 Å². The molecule has 0 bridgehead atoms. The monoisotopic (exact) mass is 264 g/mol.